The summed E-state index contributed by atoms with van der Waals surface area (Å²) in [6.45, 7) is 0. The topological polar surface area (TPSA) is 82.7 Å². The van der Waals surface area contributed by atoms with E-state index >= 15 is 0 Å². The van der Waals surface area contributed by atoms with Crippen LogP contribution in [0.15, 0.2) is 60.9 Å². The van der Waals surface area contributed by atoms with E-state index in [0.717, 1.165) is 5.69 Å². The third-order valence-electron chi connectivity index (χ3n) is 3.74. The van der Waals surface area contributed by atoms with Gasteiger partial charge in [0.05, 0.1) is 18.0 Å². The van der Waals surface area contributed by atoms with Crippen molar-refractivity contribution in [3.05, 3.63) is 77.9 Å². The first kappa shape index (κ1) is 17.2. The molecule has 1 amide bonds. The predicted octanol–water partition coefficient (Wildman–Crippen LogP) is 3.30. The summed E-state index contributed by atoms with van der Waals surface area (Å²) in [4.78, 5) is 12.5. The maximum absolute atomic E-state index is 13.9. The van der Waals surface area contributed by atoms with Gasteiger partial charge in [-0.25, -0.2) is 4.39 Å². The number of rotatable bonds is 5. The minimum Gasteiger partial charge on any atom is -0.353 e. The SMILES string of the molecule is Cn1cc(Nc2cccc(C(=O)N[C@@H](C#N)c3ccccc3F)c2)cn1. The molecule has 0 saturated heterocycles. The lowest BCUT2D eigenvalue weighted by molar-refractivity contribution is 0.0945. The van der Waals surface area contributed by atoms with Gasteiger partial charge in [-0.05, 0) is 24.3 Å². The second kappa shape index (κ2) is 7.49. The van der Waals surface area contributed by atoms with Gasteiger partial charge in [0.15, 0.2) is 0 Å². The number of amides is 1. The van der Waals surface area contributed by atoms with Gasteiger partial charge >= 0.3 is 0 Å². The van der Waals surface area contributed by atoms with Crippen LogP contribution < -0.4 is 10.6 Å². The van der Waals surface area contributed by atoms with Crippen LogP contribution in [0.5, 0.6) is 0 Å². The summed E-state index contributed by atoms with van der Waals surface area (Å²) in [5.74, 6) is -0.999. The van der Waals surface area contributed by atoms with Crippen LogP contribution in [0, 0.1) is 17.1 Å². The smallest absolute Gasteiger partial charge is 0.252 e. The average Bonchev–Trinajstić information content (AvgIpc) is 3.05. The van der Waals surface area contributed by atoms with Gasteiger partial charge in [0.25, 0.3) is 5.91 Å². The number of anilines is 2. The average molecular weight is 349 g/mol. The molecule has 0 fully saturated rings. The number of nitriles is 1. The molecule has 3 rings (SSSR count). The second-order valence-corrected chi connectivity index (χ2v) is 5.67. The second-order valence-electron chi connectivity index (χ2n) is 5.67. The van der Waals surface area contributed by atoms with Crippen LogP contribution in [0.2, 0.25) is 0 Å². The van der Waals surface area contributed by atoms with Crippen LogP contribution in [-0.2, 0) is 7.05 Å². The lowest BCUT2D eigenvalue weighted by atomic mass is 10.1. The summed E-state index contributed by atoms with van der Waals surface area (Å²) in [5, 5.41) is 19.1. The highest BCUT2D eigenvalue weighted by molar-refractivity contribution is 5.95. The largest absolute Gasteiger partial charge is 0.353 e. The van der Waals surface area contributed by atoms with E-state index in [1.165, 1.54) is 18.2 Å². The van der Waals surface area contributed by atoms with E-state index in [1.54, 1.807) is 48.4 Å². The van der Waals surface area contributed by atoms with Crippen molar-refractivity contribution >= 4 is 17.3 Å². The molecule has 2 aromatic carbocycles. The fourth-order valence-corrected chi connectivity index (χ4v) is 2.49. The summed E-state index contributed by atoms with van der Waals surface area (Å²) >= 11 is 0. The van der Waals surface area contributed by atoms with Crippen molar-refractivity contribution in [2.75, 3.05) is 5.32 Å². The lowest BCUT2D eigenvalue weighted by Crippen LogP contribution is -2.28. The first-order chi connectivity index (χ1) is 12.6. The standard InChI is InChI=1S/C19H16FN5O/c1-25-12-15(11-22-25)23-14-6-4-5-13(9-14)19(26)24-18(10-21)16-7-2-3-8-17(16)20/h2-9,11-12,18,23H,1H3,(H,24,26)/t18-/m0/s1. The summed E-state index contributed by atoms with van der Waals surface area (Å²) in [7, 11) is 1.81. The number of aryl methyl sites for hydroxylation is 1. The predicted molar refractivity (Wildman–Crippen MR) is 95.2 cm³/mol. The minimum atomic E-state index is -1.07. The van der Waals surface area contributed by atoms with Crippen molar-refractivity contribution < 1.29 is 9.18 Å². The van der Waals surface area contributed by atoms with Crippen LogP contribution in [-0.4, -0.2) is 15.7 Å². The third-order valence-corrected chi connectivity index (χ3v) is 3.74. The molecule has 0 bridgehead atoms. The van der Waals surface area contributed by atoms with Gasteiger partial charge in [-0.2, -0.15) is 10.4 Å². The number of benzene rings is 2. The van der Waals surface area contributed by atoms with E-state index in [4.69, 9.17) is 0 Å². The first-order valence-electron chi connectivity index (χ1n) is 7.87. The van der Waals surface area contributed by atoms with E-state index in [1.807, 2.05) is 12.1 Å². The zero-order valence-electron chi connectivity index (χ0n) is 14.0. The molecule has 0 aliphatic rings. The van der Waals surface area contributed by atoms with Crippen LogP contribution >= 0.6 is 0 Å². The molecule has 1 atom stereocenters. The van der Waals surface area contributed by atoms with E-state index in [2.05, 4.69) is 15.7 Å². The Morgan fingerprint density at radius 1 is 1.23 bits per heavy atom. The Hall–Kier alpha value is -3.66. The Morgan fingerprint density at radius 2 is 2.04 bits per heavy atom. The van der Waals surface area contributed by atoms with Gasteiger partial charge in [-0.15, -0.1) is 0 Å². The van der Waals surface area contributed by atoms with Gasteiger partial charge in [0.2, 0.25) is 0 Å². The molecule has 2 N–H and O–H groups in total. The number of aromatic nitrogens is 2. The summed E-state index contributed by atoms with van der Waals surface area (Å²) in [5.41, 5.74) is 1.97. The van der Waals surface area contributed by atoms with E-state index in [9.17, 15) is 14.4 Å². The van der Waals surface area contributed by atoms with Gasteiger partial charge in [0, 0.05) is 30.1 Å². The van der Waals surface area contributed by atoms with Crippen molar-refractivity contribution in [2.24, 2.45) is 7.05 Å². The van der Waals surface area contributed by atoms with Gasteiger partial charge in [-0.3, -0.25) is 9.48 Å². The van der Waals surface area contributed by atoms with Crippen molar-refractivity contribution in [1.82, 2.24) is 15.1 Å². The monoisotopic (exact) mass is 349 g/mol. The van der Waals surface area contributed by atoms with Crippen molar-refractivity contribution in [3.8, 4) is 6.07 Å². The number of halogens is 1. The lowest BCUT2D eigenvalue weighted by Gasteiger charge is -2.13. The Morgan fingerprint density at radius 3 is 2.73 bits per heavy atom. The number of carbonyl (C=O) groups excluding carboxylic acids is 1. The van der Waals surface area contributed by atoms with Gasteiger partial charge in [-0.1, -0.05) is 24.3 Å². The molecule has 0 aliphatic heterocycles. The Bertz CT molecular complexity index is 976. The highest BCUT2D eigenvalue weighted by atomic mass is 19.1. The number of carbonyl (C=O) groups is 1. The molecule has 0 aliphatic carbocycles. The molecule has 7 heteroatoms. The van der Waals surface area contributed by atoms with Crippen LogP contribution in [0.1, 0.15) is 22.0 Å². The molecule has 0 unspecified atom stereocenters. The first-order valence-corrected chi connectivity index (χ1v) is 7.87. The Kier molecular flexibility index (Phi) is 4.94. The molecule has 0 spiro atoms. The van der Waals surface area contributed by atoms with Crippen molar-refractivity contribution in [1.29, 1.82) is 5.26 Å². The molecular weight excluding hydrogens is 333 g/mol. The highest BCUT2D eigenvalue weighted by Gasteiger charge is 2.18. The molecular formula is C19H16FN5O. The van der Waals surface area contributed by atoms with E-state index < -0.39 is 17.8 Å². The fourth-order valence-electron chi connectivity index (χ4n) is 2.49. The van der Waals surface area contributed by atoms with Gasteiger partial charge < -0.3 is 10.6 Å². The summed E-state index contributed by atoms with van der Waals surface area (Å²) in [6.07, 6.45) is 3.47. The summed E-state index contributed by atoms with van der Waals surface area (Å²) in [6, 6.07) is 13.5. The Balaban J connectivity index is 1.76. The van der Waals surface area contributed by atoms with Gasteiger partial charge in [0.1, 0.15) is 11.9 Å². The van der Waals surface area contributed by atoms with Crippen molar-refractivity contribution in [2.45, 2.75) is 6.04 Å². The normalized spacial score (nSPS) is 11.4. The minimum absolute atomic E-state index is 0.132. The highest BCUT2D eigenvalue weighted by Crippen LogP contribution is 2.19. The quantitative estimate of drug-likeness (QED) is 0.740. The van der Waals surface area contributed by atoms with Crippen LogP contribution in [0.25, 0.3) is 0 Å². The Labute approximate surface area is 149 Å². The number of nitrogens with zero attached hydrogens (tertiary/aromatic N) is 3. The molecule has 6 nitrogen and oxygen atoms in total. The van der Waals surface area contributed by atoms with Crippen LogP contribution in [0.4, 0.5) is 15.8 Å². The van der Waals surface area contributed by atoms with Crippen LogP contribution in [0.3, 0.4) is 0 Å². The molecule has 0 saturated carbocycles. The zero-order chi connectivity index (χ0) is 18.5. The third kappa shape index (κ3) is 3.87. The maximum atomic E-state index is 13.9. The molecule has 3 aromatic rings. The van der Waals surface area contributed by atoms with E-state index in [-0.39, 0.29) is 5.56 Å². The number of nitrogens with one attached hydrogen (secondary N) is 2. The number of hydrogen-bond donors (Lipinski definition) is 2. The molecule has 26 heavy (non-hydrogen) atoms. The van der Waals surface area contributed by atoms with Crippen molar-refractivity contribution in [3.63, 3.8) is 0 Å². The maximum Gasteiger partial charge on any atom is 0.252 e. The zero-order valence-corrected chi connectivity index (χ0v) is 14.0. The molecule has 1 aromatic heterocycles. The molecule has 0 radical (unpaired) electrons. The molecule has 1 heterocycles. The summed E-state index contributed by atoms with van der Waals surface area (Å²) < 4.78 is 15.5. The fraction of sp³-hybridized carbons (Fsp3) is 0.105. The van der Waals surface area contributed by atoms with E-state index in [0.29, 0.717) is 11.3 Å². The number of hydrogen-bond acceptors (Lipinski definition) is 4. The molecule has 130 valence electrons.